The predicted octanol–water partition coefficient (Wildman–Crippen LogP) is -0.218. The average Bonchev–Trinajstić information content (AvgIpc) is 2.75. The van der Waals surface area contributed by atoms with Crippen LogP contribution < -0.4 is 0 Å². The Hall–Kier alpha value is -2.21. The smallest absolute Gasteiger partial charge is 0.331 e. The molecule has 2 fully saturated rings. The maximum atomic E-state index is 12.2. The van der Waals surface area contributed by atoms with Crippen LogP contribution in [0.5, 0.6) is 11.5 Å². The van der Waals surface area contributed by atoms with E-state index in [0.717, 1.165) is 18.9 Å². The van der Waals surface area contributed by atoms with E-state index >= 15 is 0 Å². The lowest BCUT2D eigenvalue weighted by Gasteiger charge is -2.43. The fraction of sp³-hybridized carbons (Fsp3) is 0.571. The van der Waals surface area contributed by atoms with Crippen LogP contribution in [0.15, 0.2) is 24.3 Å². The lowest BCUT2D eigenvalue weighted by Crippen LogP contribution is -2.61. The lowest BCUT2D eigenvalue weighted by atomic mass is 9.94. The zero-order chi connectivity index (χ0) is 22.5. The topological polar surface area (TPSA) is 166 Å². The molecule has 10 nitrogen and oxygen atoms in total. The van der Waals surface area contributed by atoms with E-state index in [1.807, 2.05) is 0 Å². The number of hydrogen-bond donors (Lipinski definition) is 6. The van der Waals surface area contributed by atoms with Gasteiger partial charge in [0.1, 0.15) is 18.3 Å². The normalized spacial score (nSPS) is 34.0. The van der Waals surface area contributed by atoms with Crippen LogP contribution in [0.25, 0.3) is 6.08 Å². The number of benzene rings is 1. The van der Waals surface area contributed by atoms with Crippen molar-refractivity contribution in [2.75, 3.05) is 6.61 Å². The molecule has 0 unspecified atom stereocenters. The zero-order valence-corrected chi connectivity index (χ0v) is 16.8. The van der Waals surface area contributed by atoms with Gasteiger partial charge in [0.2, 0.25) is 0 Å². The third-order valence-corrected chi connectivity index (χ3v) is 5.46. The average molecular weight is 440 g/mol. The number of carbonyl (C=O) groups excluding carboxylic acids is 1. The van der Waals surface area contributed by atoms with Crippen molar-refractivity contribution >= 4 is 12.0 Å². The first kappa shape index (κ1) is 23.5. The number of hydrogen-bond acceptors (Lipinski definition) is 10. The van der Waals surface area contributed by atoms with Crippen molar-refractivity contribution in [3.63, 3.8) is 0 Å². The van der Waals surface area contributed by atoms with Crippen LogP contribution in [0.1, 0.15) is 31.2 Å². The SMILES string of the molecule is O=C(C=Cc1ccc(O)c(O)c1)O[C@H]1[C@@H](O)[C@H](O[C@H]2CCCC[C@@H]2O)O[C@H](CO)[C@H]1O. The van der Waals surface area contributed by atoms with Gasteiger partial charge in [-0.2, -0.15) is 0 Å². The van der Waals surface area contributed by atoms with Crippen LogP contribution >= 0.6 is 0 Å². The van der Waals surface area contributed by atoms with Gasteiger partial charge >= 0.3 is 5.97 Å². The third-order valence-electron chi connectivity index (χ3n) is 5.46. The van der Waals surface area contributed by atoms with E-state index in [-0.39, 0.29) is 11.5 Å². The largest absolute Gasteiger partial charge is 0.504 e. The highest BCUT2D eigenvalue weighted by molar-refractivity contribution is 5.87. The number of aromatic hydroxyl groups is 2. The maximum absolute atomic E-state index is 12.2. The molecule has 1 aliphatic heterocycles. The molecule has 7 atom stereocenters. The van der Waals surface area contributed by atoms with E-state index in [2.05, 4.69) is 0 Å². The molecule has 6 N–H and O–H groups in total. The molecule has 1 saturated carbocycles. The minimum atomic E-state index is -1.55. The Morgan fingerprint density at radius 1 is 1.10 bits per heavy atom. The van der Waals surface area contributed by atoms with Gasteiger partial charge < -0.3 is 44.8 Å². The highest BCUT2D eigenvalue weighted by atomic mass is 16.7. The second kappa shape index (κ2) is 10.4. The van der Waals surface area contributed by atoms with Crippen molar-refractivity contribution in [1.29, 1.82) is 0 Å². The monoisotopic (exact) mass is 440 g/mol. The van der Waals surface area contributed by atoms with E-state index in [0.29, 0.717) is 18.4 Å². The summed E-state index contributed by atoms with van der Waals surface area (Å²) in [5.74, 6) is -1.57. The van der Waals surface area contributed by atoms with E-state index in [1.54, 1.807) is 0 Å². The Morgan fingerprint density at radius 2 is 1.84 bits per heavy atom. The summed E-state index contributed by atoms with van der Waals surface area (Å²) in [5, 5.41) is 59.4. The second-order valence-electron chi connectivity index (χ2n) is 7.72. The number of phenols is 2. The quantitative estimate of drug-likeness (QED) is 0.198. The molecule has 172 valence electrons. The van der Waals surface area contributed by atoms with Gasteiger partial charge in [0.05, 0.1) is 18.8 Å². The van der Waals surface area contributed by atoms with Crippen LogP contribution in [0, 0.1) is 0 Å². The molecular weight excluding hydrogens is 412 g/mol. The molecule has 1 aliphatic carbocycles. The summed E-state index contributed by atoms with van der Waals surface area (Å²) in [6.07, 6.45) is -3.14. The van der Waals surface area contributed by atoms with E-state index < -0.39 is 55.5 Å². The summed E-state index contributed by atoms with van der Waals surface area (Å²) in [7, 11) is 0. The van der Waals surface area contributed by atoms with Gasteiger partial charge in [0.25, 0.3) is 0 Å². The van der Waals surface area contributed by atoms with Crippen molar-refractivity contribution in [2.24, 2.45) is 0 Å². The van der Waals surface area contributed by atoms with Crippen LogP contribution in [0.4, 0.5) is 0 Å². The molecule has 1 aromatic carbocycles. The summed E-state index contributed by atoms with van der Waals surface area (Å²) in [6.45, 7) is -0.600. The van der Waals surface area contributed by atoms with Crippen LogP contribution in [0.2, 0.25) is 0 Å². The molecule has 0 aromatic heterocycles. The van der Waals surface area contributed by atoms with E-state index in [4.69, 9.17) is 14.2 Å². The first-order valence-electron chi connectivity index (χ1n) is 10.2. The fourth-order valence-corrected chi connectivity index (χ4v) is 3.69. The van der Waals surface area contributed by atoms with Crippen LogP contribution in [-0.4, -0.2) is 86.1 Å². The number of esters is 1. The van der Waals surface area contributed by atoms with Gasteiger partial charge in [-0.1, -0.05) is 18.9 Å². The Bertz CT molecular complexity index is 781. The minimum absolute atomic E-state index is 0.308. The number of rotatable bonds is 6. The van der Waals surface area contributed by atoms with Gasteiger partial charge in [0, 0.05) is 6.08 Å². The van der Waals surface area contributed by atoms with E-state index in [9.17, 15) is 35.4 Å². The molecule has 0 radical (unpaired) electrons. The van der Waals surface area contributed by atoms with Crippen LogP contribution in [0.3, 0.4) is 0 Å². The number of ether oxygens (including phenoxy) is 3. The van der Waals surface area contributed by atoms with Gasteiger partial charge in [-0.3, -0.25) is 0 Å². The molecule has 2 aliphatic rings. The molecular formula is C21H28O10. The van der Waals surface area contributed by atoms with Crippen molar-refractivity contribution in [2.45, 2.75) is 68.6 Å². The molecule has 0 amide bonds. The van der Waals surface area contributed by atoms with Gasteiger partial charge in [-0.05, 0) is 36.6 Å². The van der Waals surface area contributed by atoms with Crippen molar-refractivity contribution < 1.29 is 49.6 Å². The van der Waals surface area contributed by atoms with Gasteiger partial charge in [-0.25, -0.2) is 4.79 Å². The Kier molecular flexibility index (Phi) is 7.87. The standard InChI is InChI=1S/C21H28O10/c22-10-16-18(27)20(19(28)21(30-16)29-15-4-2-1-3-13(15)24)31-17(26)8-6-11-5-7-12(23)14(25)9-11/h5-9,13,15-16,18-25,27-28H,1-4,10H2/t13-,15-,16+,18+,19+,20+,21+/m0/s1. The van der Waals surface area contributed by atoms with Crippen molar-refractivity contribution in [3.8, 4) is 11.5 Å². The van der Waals surface area contributed by atoms with E-state index in [1.165, 1.54) is 24.3 Å². The Labute approximate surface area is 178 Å². The first-order valence-corrected chi connectivity index (χ1v) is 10.2. The molecule has 10 heteroatoms. The number of aliphatic hydroxyl groups excluding tert-OH is 4. The van der Waals surface area contributed by atoms with Crippen molar-refractivity contribution in [3.05, 3.63) is 29.8 Å². The summed E-state index contributed by atoms with van der Waals surface area (Å²) < 4.78 is 16.3. The molecule has 1 heterocycles. The minimum Gasteiger partial charge on any atom is -0.504 e. The molecule has 0 spiro atoms. The number of phenolic OH excluding ortho intramolecular Hbond substituents is 2. The third kappa shape index (κ3) is 5.73. The summed E-state index contributed by atoms with van der Waals surface area (Å²) in [5.41, 5.74) is 0.404. The maximum Gasteiger partial charge on any atom is 0.331 e. The highest BCUT2D eigenvalue weighted by Crippen LogP contribution is 2.29. The Balaban J connectivity index is 1.67. The van der Waals surface area contributed by atoms with Gasteiger partial charge in [-0.15, -0.1) is 0 Å². The second-order valence-corrected chi connectivity index (χ2v) is 7.72. The predicted molar refractivity (Wildman–Crippen MR) is 106 cm³/mol. The number of aliphatic hydroxyl groups is 4. The zero-order valence-electron chi connectivity index (χ0n) is 16.8. The highest BCUT2D eigenvalue weighted by Gasteiger charge is 2.48. The molecule has 1 aromatic rings. The molecule has 0 bridgehead atoms. The summed E-state index contributed by atoms with van der Waals surface area (Å²) in [4.78, 5) is 12.2. The summed E-state index contributed by atoms with van der Waals surface area (Å²) >= 11 is 0. The molecule has 3 rings (SSSR count). The lowest BCUT2D eigenvalue weighted by molar-refractivity contribution is -0.319. The molecule has 1 saturated heterocycles. The first-order chi connectivity index (χ1) is 14.8. The molecule has 31 heavy (non-hydrogen) atoms. The van der Waals surface area contributed by atoms with Crippen LogP contribution in [-0.2, 0) is 19.0 Å². The fourth-order valence-electron chi connectivity index (χ4n) is 3.69. The Morgan fingerprint density at radius 3 is 2.52 bits per heavy atom. The van der Waals surface area contributed by atoms with Gasteiger partial charge in [0.15, 0.2) is 23.9 Å². The van der Waals surface area contributed by atoms with Crippen molar-refractivity contribution in [1.82, 2.24) is 0 Å². The number of carbonyl (C=O) groups is 1. The summed E-state index contributed by atoms with van der Waals surface area (Å²) in [6, 6.07) is 3.94.